The van der Waals surface area contributed by atoms with Crippen molar-refractivity contribution in [2.45, 2.75) is 13.3 Å². The van der Waals surface area contributed by atoms with Crippen LogP contribution in [0.2, 0.25) is 0 Å². The molecule has 0 aliphatic carbocycles. The van der Waals surface area contributed by atoms with Gasteiger partial charge in [0.2, 0.25) is 0 Å². The Morgan fingerprint density at radius 3 is 2.94 bits per heavy atom. The summed E-state index contributed by atoms with van der Waals surface area (Å²) in [5.41, 5.74) is 6.91. The Balaban J connectivity index is 2.33. The molecule has 17 heavy (non-hydrogen) atoms. The second-order valence-corrected chi connectivity index (χ2v) is 4.29. The maximum atomic E-state index is 10.5. The molecule has 0 spiro atoms. The lowest BCUT2D eigenvalue weighted by Gasteiger charge is -2.00. The van der Waals surface area contributed by atoms with Crippen LogP contribution >= 0.6 is 11.3 Å². The van der Waals surface area contributed by atoms with Gasteiger partial charge in [-0.1, -0.05) is 0 Å². The Morgan fingerprint density at radius 2 is 2.29 bits per heavy atom. The Labute approximate surface area is 101 Å². The van der Waals surface area contributed by atoms with E-state index in [9.17, 15) is 4.79 Å². The number of aryl methyl sites for hydroxylation is 1. The first kappa shape index (κ1) is 11.5. The summed E-state index contributed by atoms with van der Waals surface area (Å²) in [5.74, 6) is 0.0391. The lowest BCUT2D eigenvalue weighted by molar-refractivity contribution is -0.136. The van der Waals surface area contributed by atoms with Crippen molar-refractivity contribution in [3.8, 4) is 10.6 Å². The maximum Gasteiger partial charge on any atom is 0.309 e. The van der Waals surface area contributed by atoms with Crippen molar-refractivity contribution < 1.29 is 9.90 Å². The molecule has 0 atom stereocenters. The second-order valence-electron chi connectivity index (χ2n) is 3.43. The molecule has 0 saturated heterocycles. The molecule has 6 nitrogen and oxygen atoms in total. The zero-order valence-electron chi connectivity index (χ0n) is 9.04. The van der Waals surface area contributed by atoms with E-state index in [2.05, 4.69) is 15.0 Å². The van der Waals surface area contributed by atoms with E-state index in [1.54, 1.807) is 18.5 Å². The summed E-state index contributed by atoms with van der Waals surface area (Å²) in [6.07, 6.45) is 1.50. The second kappa shape index (κ2) is 4.46. The van der Waals surface area contributed by atoms with E-state index >= 15 is 0 Å². The largest absolute Gasteiger partial charge is 0.481 e. The molecule has 0 radical (unpaired) electrons. The monoisotopic (exact) mass is 250 g/mol. The number of hydrogen-bond acceptors (Lipinski definition) is 6. The van der Waals surface area contributed by atoms with Crippen LogP contribution in [0.5, 0.6) is 0 Å². The van der Waals surface area contributed by atoms with E-state index in [0.717, 1.165) is 0 Å². The van der Waals surface area contributed by atoms with Gasteiger partial charge in [-0.05, 0) is 6.92 Å². The number of aliphatic carboxylic acids is 1. The van der Waals surface area contributed by atoms with Crippen LogP contribution < -0.4 is 5.73 Å². The number of thiazole rings is 1. The first-order chi connectivity index (χ1) is 8.06. The number of carboxylic acids is 1. The van der Waals surface area contributed by atoms with Crippen molar-refractivity contribution >= 4 is 23.1 Å². The van der Waals surface area contributed by atoms with Crippen LogP contribution in [0.15, 0.2) is 11.6 Å². The molecular weight excluding hydrogens is 240 g/mol. The summed E-state index contributed by atoms with van der Waals surface area (Å²) in [6, 6.07) is 0. The molecule has 0 fully saturated rings. The third-order valence-electron chi connectivity index (χ3n) is 2.05. The van der Waals surface area contributed by atoms with Gasteiger partial charge < -0.3 is 10.8 Å². The third kappa shape index (κ3) is 2.56. The van der Waals surface area contributed by atoms with Crippen molar-refractivity contribution in [2.24, 2.45) is 0 Å². The minimum atomic E-state index is -0.907. The van der Waals surface area contributed by atoms with Crippen molar-refractivity contribution in [2.75, 3.05) is 5.73 Å². The zero-order valence-corrected chi connectivity index (χ0v) is 9.86. The Kier molecular flexibility index (Phi) is 3.01. The van der Waals surface area contributed by atoms with E-state index < -0.39 is 5.97 Å². The molecule has 0 aliphatic heterocycles. The molecule has 2 heterocycles. The fourth-order valence-corrected chi connectivity index (χ4v) is 2.16. The highest BCUT2D eigenvalue weighted by molar-refractivity contribution is 7.13. The number of rotatable bonds is 3. The Bertz CT molecular complexity index is 567. The van der Waals surface area contributed by atoms with Gasteiger partial charge >= 0.3 is 5.97 Å². The number of anilines is 1. The maximum absolute atomic E-state index is 10.5. The summed E-state index contributed by atoms with van der Waals surface area (Å²) < 4.78 is 0. The average Bonchev–Trinajstić information content (AvgIpc) is 2.65. The van der Waals surface area contributed by atoms with E-state index in [1.807, 2.05) is 0 Å². The van der Waals surface area contributed by atoms with E-state index in [-0.39, 0.29) is 6.42 Å². The van der Waals surface area contributed by atoms with Gasteiger partial charge in [0.1, 0.15) is 16.6 Å². The first-order valence-electron chi connectivity index (χ1n) is 4.82. The van der Waals surface area contributed by atoms with Crippen LogP contribution in [0.3, 0.4) is 0 Å². The molecule has 0 aromatic carbocycles. The molecule has 0 amide bonds. The Morgan fingerprint density at radius 1 is 1.53 bits per heavy atom. The van der Waals surface area contributed by atoms with Crippen LogP contribution in [0, 0.1) is 6.92 Å². The van der Waals surface area contributed by atoms with Crippen LogP contribution in [-0.2, 0) is 11.2 Å². The minimum Gasteiger partial charge on any atom is -0.481 e. The van der Waals surface area contributed by atoms with Gasteiger partial charge in [0.25, 0.3) is 0 Å². The quantitative estimate of drug-likeness (QED) is 0.846. The van der Waals surface area contributed by atoms with Crippen LogP contribution in [0.4, 0.5) is 5.82 Å². The van der Waals surface area contributed by atoms with Crippen molar-refractivity contribution in [3.63, 3.8) is 0 Å². The SMILES string of the molecule is Cc1ncc(-c2nc(CC(=O)O)cs2)c(N)n1. The first-order valence-corrected chi connectivity index (χ1v) is 5.70. The highest BCUT2D eigenvalue weighted by Crippen LogP contribution is 2.27. The summed E-state index contributed by atoms with van der Waals surface area (Å²) in [4.78, 5) is 22.8. The lowest BCUT2D eigenvalue weighted by atomic mass is 10.3. The van der Waals surface area contributed by atoms with Gasteiger partial charge in [-0.25, -0.2) is 15.0 Å². The number of carbonyl (C=O) groups is 1. The average molecular weight is 250 g/mol. The smallest absolute Gasteiger partial charge is 0.309 e. The van der Waals surface area contributed by atoms with Crippen molar-refractivity contribution in [1.29, 1.82) is 0 Å². The number of nitrogen functional groups attached to an aromatic ring is 1. The summed E-state index contributed by atoms with van der Waals surface area (Å²) >= 11 is 1.33. The molecule has 0 saturated carbocycles. The molecule has 2 aromatic heterocycles. The molecule has 2 rings (SSSR count). The zero-order chi connectivity index (χ0) is 12.4. The predicted molar refractivity (Wildman–Crippen MR) is 63.6 cm³/mol. The normalized spacial score (nSPS) is 10.4. The molecule has 0 bridgehead atoms. The number of nitrogens with two attached hydrogens (primary N) is 1. The Hall–Kier alpha value is -2.02. The van der Waals surface area contributed by atoms with Gasteiger partial charge in [0, 0.05) is 11.6 Å². The fraction of sp³-hybridized carbons (Fsp3) is 0.200. The van der Waals surface area contributed by atoms with Crippen LogP contribution in [-0.4, -0.2) is 26.0 Å². The number of hydrogen-bond donors (Lipinski definition) is 2. The molecular formula is C10H10N4O2S. The number of aromatic nitrogens is 3. The molecule has 0 aliphatic rings. The van der Waals surface area contributed by atoms with Crippen LogP contribution in [0.25, 0.3) is 10.6 Å². The summed E-state index contributed by atoms with van der Waals surface area (Å²) in [6.45, 7) is 1.75. The summed E-state index contributed by atoms with van der Waals surface area (Å²) in [7, 11) is 0. The fourth-order valence-electron chi connectivity index (χ4n) is 1.32. The molecule has 2 aromatic rings. The predicted octanol–water partition coefficient (Wildman–Crippen LogP) is 1.12. The van der Waals surface area contributed by atoms with Gasteiger partial charge in [-0.15, -0.1) is 11.3 Å². The molecule has 0 unspecified atom stereocenters. The van der Waals surface area contributed by atoms with E-state index in [0.29, 0.717) is 27.9 Å². The van der Waals surface area contributed by atoms with E-state index in [4.69, 9.17) is 10.8 Å². The van der Waals surface area contributed by atoms with Crippen molar-refractivity contribution in [1.82, 2.24) is 15.0 Å². The van der Waals surface area contributed by atoms with Gasteiger partial charge in [0.15, 0.2) is 0 Å². The summed E-state index contributed by atoms with van der Waals surface area (Å²) in [5, 5.41) is 11.0. The number of carboxylic acid groups (broad SMARTS) is 1. The van der Waals surface area contributed by atoms with Crippen LogP contribution in [0.1, 0.15) is 11.5 Å². The van der Waals surface area contributed by atoms with Crippen molar-refractivity contribution in [3.05, 3.63) is 23.1 Å². The highest BCUT2D eigenvalue weighted by atomic mass is 32.1. The van der Waals surface area contributed by atoms with Gasteiger partial charge in [-0.2, -0.15) is 0 Å². The topological polar surface area (TPSA) is 102 Å². The lowest BCUT2D eigenvalue weighted by Crippen LogP contribution is -2.01. The highest BCUT2D eigenvalue weighted by Gasteiger charge is 2.11. The molecule has 7 heteroatoms. The molecule has 88 valence electrons. The van der Waals surface area contributed by atoms with Gasteiger partial charge in [-0.3, -0.25) is 4.79 Å². The standard InChI is InChI=1S/C10H10N4O2S/c1-5-12-3-7(9(11)13-5)10-14-6(4-17-10)2-8(15)16/h3-4H,2H2,1H3,(H,15,16)(H2,11,12,13). The third-order valence-corrected chi connectivity index (χ3v) is 2.98. The number of nitrogens with zero attached hydrogens (tertiary/aromatic N) is 3. The van der Waals surface area contributed by atoms with E-state index in [1.165, 1.54) is 11.3 Å². The minimum absolute atomic E-state index is 0.0941. The van der Waals surface area contributed by atoms with Gasteiger partial charge in [0.05, 0.1) is 17.7 Å². The molecule has 3 N–H and O–H groups in total.